The maximum absolute atomic E-state index is 4.50. The van der Waals surface area contributed by atoms with Crippen molar-refractivity contribution in [1.82, 2.24) is 0 Å². The quantitative estimate of drug-likeness (QED) is 0.368. The fourth-order valence-electron chi connectivity index (χ4n) is 0. The van der Waals surface area contributed by atoms with E-state index >= 15 is 0 Å². The van der Waals surface area contributed by atoms with Crippen LogP contribution in [0, 0.1) is 0 Å². The van der Waals surface area contributed by atoms with Crippen LogP contribution < -0.4 is 5.73 Å². The maximum atomic E-state index is 4.50. The second-order valence-electron chi connectivity index (χ2n) is 0. The second kappa shape index (κ2) is 33.0. The average Bonchev–Trinajstić information content (AvgIpc) is 1.00. The molecule has 0 aliphatic heterocycles. The van der Waals surface area contributed by atoms with Gasteiger partial charge in [0.1, 0.15) is 0 Å². The predicted molar refractivity (Wildman–Crippen MR) is 49.5 cm³/mol. The van der Waals surface area contributed by atoms with Crippen molar-refractivity contribution in [3.05, 3.63) is 0 Å². The van der Waals surface area contributed by atoms with Crippen molar-refractivity contribution in [2.45, 2.75) is 0 Å². The van der Waals surface area contributed by atoms with Crippen molar-refractivity contribution >= 4 is 75.3 Å². The first-order valence-corrected chi connectivity index (χ1v) is 0.577. The molecular weight excluding hydrogens is 487 g/mol. The van der Waals surface area contributed by atoms with Gasteiger partial charge in [-0.3, -0.25) is 0 Å². The summed E-state index contributed by atoms with van der Waals surface area (Å²) < 4.78 is 0. The van der Waals surface area contributed by atoms with Crippen molar-refractivity contribution in [1.29, 1.82) is 0 Å². The summed E-state index contributed by atoms with van der Waals surface area (Å²) in [5.74, 6) is 0. The Hall–Kier alpha value is 2.34. The van der Waals surface area contributed by atoms with Crippen LogP contribution in [0.3, 0.4) is 0 Å². The van der Waals surface area contributed by atoms with Gasteiger partial charge in [0.25, 0.3) is 0 Å². The van der Waals surface area contributed by atoms with Gasteiger partial charge in [-0.25, -0.2) is 0 Å². The summed E-state index contributed by atoms with van der Waals surface area (Å²) in [6.07, 6.45) is 0. The van der Waals surface area contributed by atoms with Crippen LogP contribution >= 0.6 is 48.0 Å². The minimum atomic E-state index is 0. The summed E-state index contributed by atoms with van der Waals surface area (Å²) in [6.45, 7) is 0. The first kappa shape index (κ1) is 26.4. The van der Waals surface area contributed by atoms with Crippen LogP contribution in [-0.4, -0.2) is 34.3 Å². The van der Waals surface area contributed by atoms with E-state index in [-0.39, 0.29) is 75.3 Å². The SMILES string of the molecule is CN.I.I.[PbH2]. The third-order valence-electron chi connectivity index (χ3n) is 0. The van der Waals surface area contributed by atoms with E-state index in [0.717, 1.165) is 0 Å². The molecule has 2 N–H and O–H groups in total. The second-order valence-corrected chi connectivity index (χ2v) is 0. The standard InChI is InChI=1S/CH5N.2HI.Pb.2H/c1-2;;;;;/h2H2,1H3;2*1H;;;. The molecule has 0 rings (SSSR count). The monoisotopic (exact) mass is 497 g/mol. The zero-order valence-corrected chi connectivity index (χ0v) is 13.3. The average molecular weight is 496 g/mol. The zero-order chi connectivity index (χ0) is 2.00. The molecule has 0 aliphatic carbocycles. The van der Waals surface area contributed by atoms with E-state index in [0.29, 0.717) is 0 Å². The van der Waals surface area contributed by atoms with Crippen LogP contribution in [-0.2, 0) is 0 Å². The molecule has 4 heteroatoms. The van der Waals surface area contributed by atoms with E-state index in [1.54, 1.807) is 0 Å². The number of hydrogen-bond donors (Lipinski definition) is 1. The summed E-state index contributed by atoms with van der Waals surface area (Å²) in [5, 5.41) is 0. The summed E-state index contributed by atoms with van der Waals surface area (Å²) in [5.41, 5.74) is 4.50. The van der Waals surface area contributed by atoms with Crippen LogP contribution in [0.2, 0.25) is 0 Å². The van der Waals surface area contributed by atoms with E-state index in [1.807, 2.05) is 0 Å². The summed E-state index contributed by atoms with van der Waals surface area (Å²) in [6, 6.07) is 0. The molecule has 0 saturated carbocycles. The molecule has 0 amide bonds. The molecule has 0 unspecified atom stereocenters. The Morgan fingerprint density at radius 2 is 1.00 bits per heavy atom. The molecule has 1 nitrogen and oxygen atoms in total. The summed E-state index contributed by atoms with van der Waals surface area (Å²) in [7, 11) is 1.50. The molecule has 36 valence electrons. The van der Waals surface area contributed by atoms with Gasteiger partial charge >= 0.3 is 27.3 Å². The van der Waals surface area contributed by atoms with Gasteiger partial charge in [0, 0.05) is 0 Å². The molecule has 0 aromatic carbocycles. The van der Waals surface area contributed by atoms with Crippen LogP contribution in [0.5, 0.6) is 0 Å². The Balaban J connectivity index is -0.00000000167. The molecule has 0 aromatic rings. The molecule has 0 spiro atoms. The fourth-order valence-corrected chi connectivity index (χ4v) is 0. The normalized spacial score (nSPS) is 1.20. The Morgan fingerprint density at radius 1 is 1.00 bits per heavy atom. The van der Waals surface area contributed by atoms with Gasteiger partial charge in [0.2, 0.25) is 0 Å². The van der Waals surface area contributed by atoms with E-state index in [1.165, 1.54) is 7.05 Å². The van der Waals surface area contributed by atoms with Gasteiger partial charge in [-0.05, 0) is 7.05 Å². The molecule has 0 heterocycles. The Bertz CT molecular complexity index is 9.61. The molecule has 0 aliphatic rings. The minimum absolute atomic E-state index is 0. The van der Waals surface area contributed by atoms with Crippen LogP contribution in [0.25, 0.3) is 0 Å². The molecule has 0 bridgehead atoms. The first-order valence-electron chi connectivity index (χ1n) is 0.577. The third-order valence-corrected chi connectivity index (χ3v) is 0. The molecule has 0 atom stereocenters. The van der Waals surface area contributed by atoms with Crippen molar-refractivity contribution in [3.8, 4) is 0 Å². The van der Waals surface area contributed by atoms with Gasteiger partial charge in [-0.2, -0.15) is 0 Å². The molecule has 5 heavy (non-hydrogen) atoms. The van der Waals surface area contributed by atoms with E-state index in [9.17, 15) is 0 Å². The topological polar surface area (TPSA) is 26.0 Å². The molecular formula is CH9I2NPb. The van der Waals surface area contributed by atoms with Crippen molar-refractivity contribution in [3.63, 3.8) is 0 Å². The van der Waals surface area contributed by atoms with Gasteiger partial charge < -0.3 is 5.73 Å². The van der Waals surface area contributed by atoms with Gasteiger partial charge in [0.15, 0.2) is 0 Å². The van der Waals surface area contributed by atoms with Crippen LogP contribution in [0.1, 0.15) is 0 Å². The summed E-state index contributed by atoms with van der Waals surface area (Å²) >= 11 is 0. The number of rotatable bonds is 0. The molecule has 0 fully saturated rings. The molecule has 0 aromatic heterocycles. The van der Waals surface area contributed by atoms with E-state index in [4.69, 9.17) is 0 Å². The van der Waals surface area contributed by atoms with Crippen molar-refractivity contribution in [2.24, 2.45) is 5.73 Å². The van der Waals surface area contributed by atoms with Gasteiger partial charge in [0.05, 0.1) is 0 Å². The fraction of sp³-hybridized carbons (Fsp3) is 1.00. The molecule has 2 radical (unpaired) electrons. The third kappa shape index (κ3) is 21.8. The van der Waals surface area contributed by atoms with Crippen molar-refractivity contribution < 1.29 is 0 Å². The summed E-state index contributed by atoms with van der Waals surface area (Å²) in [4.78, 5) is 0. The van der Waals surface area contributed by atoms with Crippen LogP contribution in [0.15, 0.2) is 0 Å². The van der Waals surface area contributed by atoms with Crippen molar-refractivity contribution in [2.75, 3.05) is 7.05 Å². The Morgan fingerprint density at radius 3 is 1.00 bits per heavy atom. The zero-order valence-electron chi connectivity index (χ0n) is 3.10. The number of halogens is 2. The van der Waals surface area contributed by atoms with E-state index in [2.05, 4.69) is 5.73 Å². The number of hydrogen-bond acceptors (Lipinski definition) is 1. The Kier molecular flexibility index (Phi) is 174. The Labute approximate surface area is 86.6 Å². The van der Waals surface area contributed by atoms with Gasteiger partial charge in [-0.15, -0.1) is 48.0 Å². The predicted octanol–water partition coefficient (Wildman–Crippen LogP) is -0.105. The van der Waals surface area contributed by atoms with E-state index < -0.39 is 0 Å². The number of nitrogens with two attached hydrogens (primary N) is 1. The van der Waals surface area contributed by atoms with Gasteiger partial charge in [-0.1, -0.05) is 0 Å². The first-order chi connectivity index (χ1) is 1.00. The molecule has 0 saturated heterocycles. The van der Waals surface area contributed by atoms with Crippen LogP contribution in [0.4, 0.5) is 0 Å².